The number of carbonyl (C=O) groups excluding carboxylic acids is 1. The topological polar surface area (TPSA) is 80.7 Å². The Labute approximate surface area is 167 Å². The van der Waals surface area contributed by atoms with Crippen molar-refractivity contribution in [2.45, 2.75) is 19.0 Å². The lowest BCUT2D eigenvalue weighted by Crippen LogP contribution is -2.40. The maximum atomic E-state index is 12.9. The van der Waals surface area contributed by atoms with Crippen LogP contribution < -0.4 is 0 Å². The molecule has 0 saturated carbocycles. The van der Waals surface area contributed by atoms with Gasteiger partial charge in [0.2, 0.25) is 0 Å². The van der Waals surface area contributed by atoms with Gasteiger partial charge in [0.05, 0.1) is 24.3 Å². The normalized spacial score (nSPS) is 18.2. The molecule has 1 atom stereocenters. The molecule has 0 radical (unpaired) electrons. The van der Waals surface area contributed by atoms with Gasteiger partial charge in [-0.15, -0.1) is 0 Å². The number of nitrogens with zero attached hydrogens (tertiary/aromatic N) is 1. The zero-order valence-electron chi connectivity index (χ0n) is 14.9. The summed E-state index contributed by atoms with van der Waals surface area (Å²) in [5.74, 6) is 1.02. The van der Waals surface area contributed by atoms with Crippen molar-refractivity contribution in [1.82, 2.24) is 4.90 Å². The van der Waals surface area contributed by atoms with Gasteiger partial charge < -0.3 is 13.7 Å². The fourth-order valence-electron chi connectivity index (χ4n) is 3.36. The third-order valence-corrected chi connectivity index (χ3v) is 6.72. The van der Waals surface area contributed by atoms with E-state index >= 15 is 0 Å². The lowest BCUT2D eigenvalue weighted by Gasteiger charge is -2.26. The first-order chi connectivity index (χ1) is 13.4. The highest BCUT2D eigenvalue weighted by Crippen LogP contribution is 2.27. The maximum Gasteiger partial charge on any atom is 0.290 e. The summed E-state index contributed by atoms with van der Waals surface area (Å²) >= 11 is 6.04. The first kappa shape index (κ1) is 18.8. The average molecular weight is 420 g/mol. The van der Waals surface area contributed by atoms with Crippen LogP contribution in [0.4, 0.5) is 0 Å². The van der Waals surface area contributed by atoms with Crippen molar-refractivity contribution in [3.05, 3.63) is 71.3 Å². The van der Waals surface area contributed by atoms with Gasteiger partial charge in [0, 0.05) is 16.6 Å². The van der Waals surface area contributed by atoms with Gasteiger partial charge in [-0.3, -0.25) is 4.79 Å². The molecule has 4 rings (SSSR count). The Balaban J connectivity index is 1.60. The predicted molar refractivity (Wildman–Crippen MR) is 105 cm³/mol. The lowest BCUT2D eigenvalue weighted by molar-refractivity contribution is 0.0634. The molecule has 2 aromatic heterocycles. The van der Waals surface area contributed by atoms with E-state index in [-0.39, 0.29) is 29.7 Å². The summed E-state index contributed by atoms with van der Waals surface area (Å²) in [7, 11) is -3.15. The Hall–Kier alpha value is -2.51. The Kier molecular flexibility index (Phi) is 5.03. The highest BCUT2D eigenvalue weighted by molar-refractivity contribution is 7.91. The highest BCUT2D eigenvalue weighted by atomic mass is 35.5. The second-order valence-corrected chi connectivity index (χ2v) is 9.41. The fourth-order valence-corrected chi connectivity index (χ4v) is 5.28. The number of hydrogen-bond donors (Lipinski definition) is 0. The molecule has 1 amide bonds. The van der Waals surface area contributed by atoms with Crippen LogP contribution in [-0.2, 0) is 16.4 Å². The third-order valence-electron chi connectivity index (χ3n) is 4.74. The quantitative estimate of drug-likeness (QED) is 0.623. The van der Waals surface area contributed by atoms with Crippen molar-refractivity contribution < 1.29 is 22.0 Å². The van der Waals surface area contributed by atoms with Crippen LogP contribution in [0.3, 0.4) is 0 Å². The summed E-state index contributed by atoms with van der Waals surface area (Å²) in [5.41, 5.74) is 0.825. The second-order valence-electron chi connectivity index (χ2n) is 6.74. The smallest absolute Gasteiger partial charge is 0.290 e. The van der Waals surface area contributed by atoms with Crippen molar-refractivity contribution in [3.63, 3.8) is 0 Å². The molecule has 0 unspecified atom stereocenters. The van der Waals surface area contributed by atoms with Gasteiger partial charge in [-0.2, -0.15) is 0 Å². The number of rotatable bonds is 5. The molecule has 3 heterocycles. The van der Waals surface area contributed by atoms with Crippen LogP contribution in [-0.4, -0.2) is 36.8 Å². The van der Waals surface area contributed by atoms with Crippen LogP contribution in [0, 0.1) is 0 Å². The number of hydrogen-bond acceptors (Lipinski definition) is 5. The average Bonchev–Trinajstić information content (AvgIpc) is 3.40. The highest BCUT2D eigenvalue weighted by Gasteiger charge is 2.36. The van der Waals surface area contributed by atoms with Gasteiger partial charge in [-0.1, -0.05) is 23.7 Å². The van der Waals surface area contributed by atoms with Crippen molar-refractivity contribution in [3.8, 4) is 11.3 Å². The van der Waals surface area contributed by atoms with Gasteiger partial charge in [-0.25, -0.2) is 8.42 Å². The minimum Gasteiger partial charge on any atom is -0.459 e. The minimum atomic E-state index is -3.15. The number of amides is 1. The van der Waals surface area contributed by atoms with E-state index in [9.17, 15) is 13.2 Å². The van der Waals surface area contributed by atoms with Gasteiger partial charge in [0.15, 0.2) is 15.6 Å². The number of halogens is 1. The Morgan fingerprint density at radius 3 is 2.71 bits per heavy atom. The largest absolute Gasteiger partial charge is 0.459 e. The molecule has 3 aromatic rings. The summed E-state index contributed by atoms with van der Waals surface area (Å²) < 4.78 is 35.0. The zero-order valence-corrected chi connectivity index (χ0v) is 16.4. The van der Waals surface area contributed by atoms with Gasteiger partial charge in [0.25, 0.3) is 5.91 Å². The van der Waals surface area contributed by atoms with E-state index in [4.69, 9.17) is 20.4 Å². The molecule has 146 valence electrons. The standard InChI is InChI=1S/C20H18ClNO5S/c21-15-4-1-3-14(11-15)18-7-6-17(27-18)12-22(16-8-10-28(24,25)13-16)20(23)19-5-2-9-26-19/h1-7,9,11,16H,8,10,12-13H2/t16-/m1/s1. The number of sulfone groups is 1. The molecule has 1 saturated heterocycles. The predicted octanol–water partition coefficient (Wildman–Crippen LogP) is 4.02. The summed E-state index contributed by atoms with van der Waals surface area (Å²) in [6, 6.07) is 13.6. The van der Waals surface area contributed by atoms with Crippen molar-refractivity contribution in [1.29, 1.82) is 0 Å². The molecule has 0 spiro atoms. The van der Waals surface area contributed by atoms with E-state index in [1.54, 1.807) is 30.3 Å². The number of benzene rings is 1. The molecule has 1 aliphatic rings. The van der Waals surface area contributed by atoms with Crippen LogP contribution in [0.5, 0.6) is 0 Å². The van der Waals surface area contributed by atoms with E-state index in [2.05, 4.69) is 0 Å². The zero-order chi connectivity index (χ0) is 19.7. The molecule has 0 N–H and O–H groups in total. The second kappa shape index (κ2) is 7.48. The molecule has 1 aromatic carbocycles. The Bertz CT molecular complexity index is 1090. The summed E-state index contributed by atoms with van der Waals surface area (Å²) in [5, 5.41) is 0.598. The molecule has 1 aliphatic heterocycles. The van der Waals surface area contributed by atoms with E-state index in [0.29, 0.717) is 23.0 Å². The van der Waals surface area contributed by atoms with Crippen LogP contribution >= 0.6 is 11.6 Å². The summed E-state index contributed by atoms with van der Waals surface area (Å²) in [6.07, 6.45) is 1.82. The fraction of sp³-hybridized carbons (Fsp3) is 0.250. The van der Waals surface area contributed by atoms with E-state index < -0.39 is 15.9 Å². The SMILES string of the molecule is O=C(c1ccco1)N(Cc1ccc(-c2cccc(Cl)c2)o1)[C@@H]1CCS(=O)(=O)C1. The van der Waals surface area contributed by atoms with Crippen molar-refractivity contribution in [2.75, 3.05) is 11.5 Å². The van der Waals surface area contributed by atoms with Crippen LogP contribution in [0.1, 0.15) is 22.7 Å². The van der Waals surface area contributed by atoms with E-state index in [0.717, 1.165) is 5.56 Å². The molecule has 1 fully saturated rings. The molecule has 8 heteroatoms. The van der Waals surface area contributed by atoms with Crippen molar-refractivity contribution in [2.24, 2.45) is 0 Å². The third kappa shape index (κ3) is 4.00. The van der Waals surface area contributed by atoms with Crippen molar-refractivity contribution >= 4 is 27.3 Å². The van der Waals surface area contributed by atoms with Crippen LogP contribution in [0.25, 0.3) is 11.3 Å². The molecule has 0 aliphatic carbocycles. The number of furan rings is 2. The van der Waals surface area contributed by atoms with E-state index in [1.165, 1.54) is 11.2 Å². The number of carbonyl (C=O) groups is 1. The summed E-state index contributed by atoms with van der Waals surface area (Å²) in [6.45, 7) is 0.153. The van der Waals surface area contributed by atoms with Crippen LogP contribution in [0.15, 0.2) is 63.6 Å². The Morgan fingerprint density at radius 2 is 2.04 bits per heavy atom. The maximum absolute atomic E-state index is 12.9. The molecular weight excluding hydrogens is 402 g/mol. The molecule has 0 bridgehead atoms. The first-order valence-corrected chi connectivity index (χ1v) is 11.0. The molecule has 28 heavy (non-hydrogen) atoms. The van der Waals surface area contributed by atoms with Gasteiger partial charge in [-0.05, 0) is 42.8 Å². The summed E-state index contributed by atoms with van der Waals surface area (Å²) in [4.78, 5) is 14.4. The van der Waals surface area contributed by atoms with Gasteiger partial charge >= 0.3 is 0 Å². The minimum absolute atomic E-state index is 0.0543. The lowest BCUT2D eigenvalue weighted by atomic mass is 10.2. The van der Waals surface area contributed by atoms with E-state index in [1.807, 2.05) is 18.2 Å². The molecular formula is C20H18ClNO5S. The Morgan fingerprint density at radius 1 is 1.18 bits per heavy atom. The monoisotopic (exact) mass is 419 g/mol. The molecule has 6 nitrogen and oxygen atoms in total. The van der Waals surface area contributed by atoms with Crippen LogP contribution in [0.2, 0.25) is 5.02 Å². The first-order valence-electron chi connectivity index (χ1n) is 8.81. The van der Waals surface area contributed by atoms with Gasteiger partial charge in [0.1, 0.15) is 11.5 Å².